The van der Waals surface area contributed by atoms with Crippen molar-refractivity contribution in [1.29, 1.82) is 0 Å². The lowest BCUT2D eigenvalue weighted by Gasteiger charge is -2.25. The molecule has 0 heterocycles. The van der Waals surface area contributed by atoms with E-state index in [2.05, 4.69) is 24.1 Å². The quantitative estimate of drug-likeness (QED) is 0.698. The van der Waals surface area contributed by atoms with Crippen LogP contribution < -0.4 is 5.32 Å². The minimum absolute atomic E-state index is 0.809. The summed E-state index contributed by atoms with van der Waals surface area (Å²) in [5.74, 6) is 0.809. The molecule has 0 radical (unpaired) electrons. The first kappa shape index (κ1) is 14.3. The van der Waals surface area contributed by atoms with Crippen LogP contribution in [0.3, 0.4) is 0 Å². The summed E-state index contributed by atoms with van der Waals surface area (Å²) in [7, 11) is 0. The maximum atomic E-state index is 3.81. The summed E-state index contributed by atoms with van der Waals surface area (Å²) in [6, 6.07) is 1.73. The smallest absolute Gasteiger partial charge is 0.0110 e. The average molecular weight is 252 g/mol. The van der Waals surface area contributed by atoms with Gasteiger partial charge in [-0.05, 0) is 31.6 Å². The molecule has 2 heteroatoms. The van der Waals surface area contributed by atoms with E-state index in [1.165, 1.54) is 71.0 Å². The molecule has 0 amide bonds. The summed E-state index contributed by atoms with van der Waals surface area (Å²) in [4.78, 5) is 2.72. The lowest BCUT2D eigenvalue weighted by molar-refractivity contribution is 0.230. The van der Waals surface area contributed by atoms with Crippen molar-refractivity contribution in [2.45, 2.75) is 77.3 Å². The van der Waals surface area contributed by atoms with Crippen LogP contribution in [0.4, 0.5) is 0 Å². The van der Waals surface area contributed by atoms with Crippen LogP contribution in [0.2, 0.25) is 0 Å². The van der Waals surface area contributed by atoms with Crippen LogP contribution in [-0.2, 0) is 0 Å². The maximum Gasteiger partial charge on any atom is 0.0110 e. The molecule has 0 aliphatic heterocycles. The van der Waals surface area contributed by atoms with Crippen molar-refractivity contribution in [3.05, 3.63) is 0 Å². The fraction of sp³-hybridized carbons (Fsp3) is 1.00. The molecule has 2 nitrogen and oxygen atoms in total. The third-order valence-electron chi connectivity index (χ3n) is 4.35. The normalized spacial score (nSPS) is 22.7. The van der Waals surface area contributed by atoms with Gasteiger partial charge in [0.1, 0.15) is 0 Å². The number of hydrogen-bond acceptors (Lipinski definition) is 2. The van der Waals surface area contributed by atoms with Gasteiger partial charge in [-0.25, -0.2) is 0 Å². The van der Waals surface area contributed by atoms with Gasteiger partial charge >= 0.3 is 0 Å². The molecule has 2 aliphatic rings. The van der Waals surface area contributed by atoms with E-state index in [9.17, 15) is 0 Å². The molecule has 1 N–H and O–H groups in total. The predicted octanol–water partition coefficient (Wildman–Crippen LogP) is 3.42. The summed E-state index contributed by atoms with van der Waals surface area (Å²) >= 11 is 0. The Kier molecular flexibility index (Phi) is 5.97. The molecule has 106 valence electrons. The molecule has 18 heavy (non-hydrogen) atoms. The van der Waals surface area contributed by atoms with E-state index >= 15 is 0 Å². The zero-order valence-electron chi connectivity index (χ0n) is 12.5. The van der Waals surface area contributed by atoms with Gasteiger partial charge in [0.25, 0.3) is 0 Å². The molecule has 2 fully saturated rings. The highest BCUT2D eigenvalue weighted by atomic mass is 15.2. The van der Waals surface area contributed by atoms with Crippen molar-refractivity contribution in [2.24, 2.45) is 5.92 Å². The summed E-state index contributed by atoms with van der Waals surface area (Å²) < 4.78 is 0. The van der Waals surface area contributed by atoms with Crippen molar-refractivity contribution in [2.75, 3.05) is 19.6 Å². The molecule has 2 saturated carbocycles. The Morgan fingerprint density at radius 3 is 2.22 bits per heavy atom. The van der Waals surface area contributed by atoms with E-state index in [-0.39, 0.29) is 0 Å². The minimum Gasteiger partial charge on any atom is -0.313 e. The fourth-order valence-corrected chi connectivity index (χ4v) is 3.23. The van der Waals surface area contributed by atoms with E-state index in [1.54, 1.807) is 0 Å². The molecule has 0 aromatic carbocycles. The lowest BCUT2D eigenvalue weighted by Crippen LogP contribution is -2.39. The molecule has 0 bridgehead atoms. The van der Waals surface area contributed by atoms with Crippen molar-refractivity contribution >= 4 is 0 Å². The van der Waals surface area contributed by atoms with E-state index in [1.807, 2.05) is 0 Å². The van der Waals surface area contributed by atoms with E-state index in [4.69, 9.17) is 0 Å². The first-order valence-electron chi connectivity index (χ1n) is 8.23. The lowest BCUT2D eigenvalue weighted by atomic mass is 10.1. The molecule has 2 aliphatic carbocycles. The van der Waals surface area contributed by atoms with Crippen LogP contribution in [0.25, 0.3) is 0 Å². The third kappa shape index (κ3) is 5.27. The predicted molar refractivity (Wildman–Crippen MR) is 78.9 cm³/mol. The van der Waals surface area contributed by atoms with Gasteiger partial charge in [0, 0.05) is 31.7 Å². The van der Waals surface area contributed by atoms with Gasteiger partial charge in [-0.2, -0.15) is 0 Å². The highest BCUT2D eigenvalue weighted by Crippen LogP contribution is 2.27. The van der Waals surface area contributed by atoms with Crippen LogP contribution in [0.1, 0.15) is 65.2 Å². The second-order valence-electron chi connectivity index (χ2n) is 6.76. The van der Waals surface area contributed by atoms with Gasteiger partial charge in [0.2, 0.25) is 0 Å². The van der Waals surface area contributed by atoms with Gasteiger partial charge in [0.05, 0.1) is 0 Å². The van der Waals surface area contributed by atoms with Gasteiger partial charge in [0.15, 0.2) is 0 Å². The number of hydrogen-bond donors (Lipinski definition) is 1. The van der Waals surface area contributed by atoms with Crippen molar-refractivity contribution in [3.63, 3.8) is 0 Å². The Morgan fingerprint density at radius 2 is 1.67 bits per heavy atom. The van der Waals surface area contributed by atoms with Gasteiger partial charge in [-0.3, -0.25) is 4.90 Å². The average Bonchev–Trinajstić information content (AvgIpc) is 3.15. The van der Waals surface area contributed by atoms with E-state index < -0.39 is 0 Å². The van der Waals surface area contributed by atoms with Crippen molar-refractivity contribution < 1.29 is 0 Å². The summed E-state index contributed by atoms with van der Waals surface area (Å²) in [5, 5.41) is 3.81. The Balaban J connectivity index is 1.62. The van der Waals surface area contributed by atoms with Crippen LogP contribution in [0, 0.1) is 5.92 Å². The minimum atomic E-state index is 0.809. The topological polar surface area (TPSA) is 15.3 Å². The first-order valence-corrected chi connectivity index (χ1v) is 8.23. The number of rotatable bonds is 7. The summed E-state index contributed by atoms with van der Waals surface area (Å²) in [6.07, 6.45) is 11.5. The van der Waals surface area contributed by atoms with Crippen LogP contribution in [-0.4, -0.2) is 36.6 Å². The first-order chi connectivity index (χ1) is 8.75. The largest absolute Gasteiger partial charge is 0.313 e. The van der Waals surface area contributed by atoms with Crippen molar-refractivity contribution in [1.82, 2.24) is 10.2 Å². The highest BCUT2D eigenvalue weighted by molar-refractivity contribution is 4.85. The molecular formula is C16H32N2. The monoisotopic (exact) mass is 252 g/mol. The molecule has 2 rings (SSSR count). The number of nitrogens with zero attached hydrogens (tertiary/aromatic N) is 1. The molecule has 0 unspecified atom stereocenters. The Morgan fingerprint density at radius 1 is 1.00 bits per heavy atom. The van der Waals surface area contributed by atoms with Crippen LogP contribution in [0.15, 0.2) is 0 Å². The fourth-order valence-electron chi connectivity index (χ4n) is 3.23. The van der Waals surface area contributed by atoms with Gasteiger partial charge in [-0.15, -0.1) is 0 Å². The molecule has 0 aromatic heterocycles. The van der Waals surface area contributed by atoms with Gasteiger partial charge < -0.3 is 5.32 Å². The molecule has 0 aromatic rings. The zero-order valence-corrected chi connectivity index (χ0v) is 12.5. The Hall–Kier alpha value is -0.0800. The molecule has 0 saturated heterocycles. The molecular weight excluding hydrogens is 220 g/mol. The van der Waals surface area contributed by atoms with E-state index in [0.717, 1.165) is 18.0 Å². The standard InChI is InChI=1S/C16H32N2/c1-14(2)13-18(16-9-10-16)12-11-17-15-7-5-3-4-6-8-15/h14-17H,3-13H2,1-2H3. The zero-order chi connectivity index (χ0) is 12.8. The summed E-state index contributed by atoms with van der Waals surface area (Å²) in [5.41, 5.74) is 0. The second-order valence-corrected chi connectivity index (χ2v) is 6.76. The Bertz CT molecular complexity index is 215. The van der Waals surface area contributed by atoms with Crippen LogP contribution >= 0.6 is 0 Å². The Labute approximate surface area is 114 Å². The van der Waals surface area contributed by atoms with Gasteiger partial charge in [-0.1, -0.05) is 39.5 Å². The van der Waals surface area contributed by atoms with Crippen LogP contribution in [0.5, 0.6) is 0 Å². The molecule has 0 atom stereocenters. The number of nitrogens with one attached hydrogen (secondary N) is 1. The maximum absolute atomic E-state index is 3.81. The molecule has 0 spiro atoms. The third-order valence-corrected chi connectivity index (χ3v) is 4.35. The second kappa shape index (κ2) is 7.49. The summed E-state index contributed by atoms with van der Waals surface area (Å²) in [6.45, 7) is 8.44. The highest BCUT2D eigenvalue weighted by Gasteiger charge is 2.28. The SMILES string of the molecule is CC(C)CN(CCNC1CCCCCC1)C1CC1. The van der Waals surface area contributed by atoms with E-state index in [0.29, 0.717) is 0 Å². The van der Waals surface area contributed by atoms with Crippen molar-refractivity contribution in [3.8, 4) is 0 Å².